The Morgan fingerprint density at radius 1 is 1.25 bits per heavy atom. The molecule has 4 nitrogen and oxygen atoms in total. The Kier molecular flexibility index (Phi) is 2.48. The third-order valence-electron chi connectivity index (χ3n) is 2.53. The SMILES string of the molecule is Cc1ccc(C)c(-c2cnc(=O)[nH]c2N)c1. The minimum atomic E-state index is -0.424. The van der Waals surface area contributed by atoms with E-state index < -0.39 is 5.69 Å². The van der Waals surface area contributed by atoms with Crippen molar-refractivity contribution in [1.29, 1.82) is 0 Å². The predicted octanol–water partition coefficient (Wildman–Crippen LogP) is 1.64. The molecule has 0 amide bonds. The summed E-state index contributed by atoms with van der Waals surface area (Å²) >= 11 is 0. The molecule has 0 aliphatic rings. The lowest BCUT2D eigenvalue weighted by Gasteiger charge is -2.08. The van der Waals surface area contributed by atoms with Gasteiger partial charge in [-0.1, -0.05) is 23.8 Å². The van der Waals surface area contributed by atoms with Crippen LogP contribution in [0.1, 0.15) is 11.1 Å². The number of anilines is 1. The molecule has 0 unspecified atom stereocenters. The first-order chi connectivity index (χ1) is 7.58. The molecule has 0 radical (unpaired) electrons. The number of nitrogens with one attached hydrogen (secondary N) is 1. The largest absolute Gasteiger partial charge is 0.385 e. The number of aromatic amines is 1. The third-order valence-corrected chi connectivity index (χ3v) is 2.53. The van der Waals surface area contributed by atoms with Crippen LogP contribution in [-0.4, -0.2) is 9.97 Å². The molecule has 0 aliphatic heterocycles. The Labute approximate surface area is 93.2 Å². The molecule has 2 rings (SSSR count). The van der Waals surface area contributed by atoms with Gasteiger partial charge in [0.2, 0.25) is 0 Å². The monoisotopic (exact) mass is 215 g/mol. The van der Waals surface area contributed by atoms with Crippen LogP contribution in [0.2, 0.25) is 0 Å². The summed E-state index contributed by atoms with van der Waals surface area (Å²) < 4.78 is 0. The molecule has 82 valence electrons. The molecule has 1 heterocycles. The van der Waals surface area contributed by atoms with Gasteiger partial charge in [-0.3, -0.25) is 4.98 Å². The summed E-state index contributed by atoms with van der Waals surface area (Å²) in [7, 11) is 0. The maximum Gasteiger partial charge on any atom is 0.346 e. The summed E-state index contributed by atoms with van der Waals surface area (Å²) in [6.45, 7) is 4.01. The molecule has 0 spiro atoms. The number of H-pyrrole nitrogens is 1. The van der Waals surface area contributed by atoms with E-state index >= 15 is 0 Å². The standard InChI is InChI=1S/C12H13N3O/c1-7-3-4-8(2)9(5-7)10-6-14-12(16)15-11(10)13/h3-6H,1-2H3,(H3,13,14,15,16). The van der Waals surface area contributed by atoms with Gasteiger partial charge in [-0.15, -0.1) is 0 Å². The number of nitrogens with zero attached hydrogens (tertiary/aromatic N) is 1. The van der Waals surface area contributed by atoms with Crippen molar-refractivity contribution in [1.82, 2.24) is 9.97 Å². The fraction of sp³-hybridized carbons (Fsp3) is 0.167. The fourth-order valence-corrected chi connectivity index (χ4v) is 1.65. The minimum Gasteiger partial charge on any atom is -0.385 e. The smallest absolute Gasteiger partial charge is 0.346 e. The molecule has 2 aromatic rings. The van der Waals surface area contributed by atoms with Gasteiger partial charge in [0.25, 0.3) is 0 Å². The molecule has 3 N–H and O–H groups in total. The van der Waals surface area contributed by atoms with Crippen LogP contribution in [-0.2, 0) is 0 Å². The van der Waals surface area contributed by atoms with Gasteiger partial charge >= 0.3 is 5.69 Å². The second kappa shape index (κ2) is 3.81. The number of aryl methyl sites for hydroxylation is 2. The summed E-state index contributed by atoms with van der Waals surface area (Å²) in [5.41, 5.74) is 9.37. The number of nitrogens with two attached hydrogens (primary N) is 1. The summed E-state index contributed by atoms with van der Waals surface area (Å²) in [4.78, 5) is 17.2. The molecule has 0 aliphatic carbocycles. The van der Waals surface area contributed by atoms with Crippen LogP contribution < -0.4 is 11.4 Å². The number of benzene rings is 1. The average molecular weight is 215 g/mol. The van der Waals surface area contributed by atoms with Gasteiger partial charge in [0.15, 0.2) is 0 Å². The second-order valence-electron chi connectivity index (χ2n) is 3.83. The summed E-state index contributed by atoms with van der Waals surface area (Å²) in [6.07, 6.45) is 1.51. The van der Waals surface area contributed by atoms with E-state index in [4.69, 9.17) is 5.73 Å². The van der Waals surface area contributed by atoms with Gasteiger partial charge in [0.05, 0.1) is 0 Å². The fourth-order valence-electron chi connectivity index (χ4n) is 1.65. The Balaban J connectivity index is 2.67. The zero-order valence-corrected chi connectivity index (χ0v) is 9.24. The van der Waals surface area contributed by atoms with Gasteiger partial charge in [-0.05, 0) is 25.0 Å². The second-order valence-corrected chi connectivity index (χ2v) is 3.83. The van der Waals surface area contributed by atoms with Crippen LogP contribution in [0.5, 0.6) is 0 Å². The highest BCUT2D eigenvalue weighted by Crippen LogP contribution is 2.26. The number of aromatic nitrogens is 2. The first-order valence-electron chi connectivity index (χ1n) is 5.00. The van der Waals surface area contributed by atoms with Crippen molar-refractivity contribution >= 4 is 5.82 Å². The minimum absolute atomic E-state index is 0.355. The van der Waals surface area contributed by atoms with Crippen molar-refractivity contribution in [3.63, 3.8) is 0 Å². The van der Waals surface area contributed by atoms with E-state index in [1.807, 2.05) is 32.0 Å². The molecule has 0 bridgehead atoms. The van der Waals surface area contributed by atoms with Crippen LogP contribution in [0.3, 0.4) is 0 Å². The molecule has 0 saturated heterocycles. The molecular formula is C12H13N3O. The van der Waals surface area contributed by atoms with Crippen LogP contribution in [0.4, 0.5) is 5.82 Å². The van der Waals surface area contributed by atoms with Gasteiger partial charge in [-0.25, -0.2) is 9.78 Å². The van der Waals surface area contributed by atoms with Crippen molar-refractivity contribution in [3.8, 4) is 11.1 Å². The quantitative estimate of drug-likeness (QED) is 0.759. The molecule has 0 saturated carbocycles. The number of nitrogen functional groups attached to an aromatic ring is 1. The zero-order valence-electron chi connectivity index (χ0n) is 9.24. The molecule has 1 aromatic heterocycles. The molecule has 4 heteroatoms. The van der Waals surface area contributed by atoms with Crippen LogP contribution in [0.15, 0.2) is 29.2 Å². The first-order valence-corrected chi connectivity index (χ1v) is 5.00. The Bertz CT molecular complexity index is 587. The van der Waals surface area contributed by atoms with Gasteiger partial charge in [0.1, 0.15) is 5.82 Å². The van der Waals surface area contributed by atoms with Crippen LogP contribution in [0.25, 0.3) is 11.1 Å². The number of hydrogen-bond donors (Lipinski definition) is 2. The summed E-state index contributed by atoms with van der Waals surface area (Å²) in [5, 5.41) is 0. The van der Waals surface area contributed by atoms with Gasteiger partial charge in [0, 0.05) is 11.8 Å². The predicted molar refractivity (Wildman–Crippen MR) is 64.2 cm³/mol. The molecule has 0 atom stereocenters. The van der Waals surface area contributed by atoms with E-state index in [0.29, 0.717) is 5.82 Å². The van der Waals surface area contributed by atoms with E-state index in [0.717, 1.165) is 22.3 Å². The lowest BCUT2D eigenvalue weighted by molar-refractivity contribution is 1.09. The maximum atomic E-state index is 11.0. The van der Waals surface area contributed by atoms with Crippen molar-refractivity contribution in [2.45, 2.75) is 13.8 Å². The van der Waals surface area contributed by atoms with E-state index in [1.54, 1.807) is 0 Å². The van der Waals surface area contributed by atoms with Gasteiger partial charge in [-0.2, -0.15) is 0 Å². The molecule has 0 fully saturated rings. The number of rotatable bonds is 1. The molecule has 1 aromatic carbocycles. The molecule has 16 heavy (non-hydrogen) atoms. The first kappa shape index (κ1) is 10.4. The topological polar surface area (TPSA) is 71.8 Å². The number of hydrogen-bond acceptors (Lipinski definition) is 3. The molecular weight excluding hydrogens is 202 g/mol. The van der Waals surface area contributed by atoms with E-state index in [9.17, 15) is 4.79 Å². The average Bonchev–Trinajstić information content (AvgIpc) is 2.22. The Hall–Kier alpha value is -2.10. The maximum absolute atomic E-state index is 11.0. The Morgan fingerprint density at radius 2 is 2.00 bits per heavy atom. The van der Waals surface area contributed by atoms with Crippen LogP contribution in [0, 0.1) is 13.8 Å². The summed E-state index contributed by atoms with van der Waals surface area (Å²) in [6, 6.07) is 6.09. The zero-order chi connectivity index (χ0) is 11.7. The van der Waals surface area contributed by atoms with E-state index in [2.05, 4.69) is 9.97 Å². The third kappa shape index (κ3) is 1.82. The van der Waals surface area contributed by atoms with Crippen molar-refractivity contribution in [2.24, 2.45) is 0 Å². The normalized spacial score (nSPS) is 10.4. The van der Waals surface area contributed by atoms with Crippen molar-refractivity contribution in [2.75, 3.05) is 5.73 Å². The highest BCUT2D eigenvalue weighted by atomic mass is 16.1. The highest BCUT2D eigenvalue weighted by Gasteiger charge is 2.07. The lowest BCUT2D eigenvalue weighted by Crippen LogP contribution is -2.12. The summed E-state index contributed by atoms with van der Waals surface area (Å²) in [5.74, 6) is 0.355. The van der Waals surface area contributed by atoms with Crippen molar-refractivity contribution in [3.05, 3.63) is 46.0 Å². The lowest BCUT2D eigenvalue weighted by atomic mass is 10.0. The van der Waals surface area contributed by atoms with E-state index in [-0.39, 0.29) is 0 Å². The van der Waals surface area contributed by atoms with E-state index in [1.165, 1.54) is 6.20 Å². The van der Waals surface area contributed by atoms with Crippen LogP contribution >= 0.6 is 0 Å². The Morgan fingerprint density at radius 3 is 2.69 bits per heavy atom. The van der Waals surface area contributed by atoms with Gasteiger partial charge < -0.3 is 5.73 Å². The van der Waals surface area contributed by atoms with Crippen molar-refractivity contribution < 1.29 is 0 Å². The highest BCUT2D eigenvalue weighted by molar-refractivity contribution is 5.75.